The molecule has 3 nitrogen and oxygen atoms in total. The van der Waals surface area contributed by atoms with Crippen LogP contribution in [0.3, 0.4) is 0 Å². The number of halogens is 1. The highest BCUT2D eigenvalue weighted by atomic mass is 19.1. The highest BCUT2D eigenvalue weighted by molar-refractivity contribution is 6.00. The highest BCUT2D eigenvalue weighted by Crippen LogP contribution is 2.32. The largest absolute Gasteiger partial charge is 0.504 e. The van der Waals surface area contributed by atoms with E-state index in [0.717, 1.165) is 12.1 Å². The molecule has 0 saturated heterocycles. The first-order valence-electron chi connectivity index (χ1n) is 4.19. The van der Waals surface area contributed by atoms with Gasteiger partial charge in [0.2, 0.25) is 0 Å². The lowest BCUT2D eigenvalue weighted by atomic mass is 10.00. The summed E-state index contributed by atoms with van der Waals surface area (Å²) in [6.07, 6.45) is 0. The van der Waals surface area contributed by atoms with Crippen LogP contribution in [0.1, 0.15) is 24.2 Å². The van der Waals surface area contributed by atoms with E-state index >= 15 is 0 Å². The van der Waals surface area contributed by atoms with Gasteiger partial charge in [-0.1, -0.05) is 13.8 Å². The molecule has 0 bridgehead atoms. The van der Waals surface area contributed by atoms with E-state index in [1.54, 1.807) is 13.8 Å². The molecule has 0 amide bonds. The van der Waals surface area contributed by atoms with Crippen molar-refractivity contribution in [2.45, 2.75) is 13.8 Å². The second kappa shape index (κ2) is 3.65. The van der Waals surface area contributed by atoms with Crippen molar-refractivity contribution in [1.82, 2.24) is 0 Å². The molecule has 0 atom stereocenters. The van der Waals surface area contributed by atoms with Crippen LogP contribution in [0.15, 0.2) is 12.1 Å². The van der Waals surface area contributed by atoms with Crippen molar-refractivity contribution in [3.05, 3.63) is 23.5 Å². The van der Waals surface area contributed by atoms with Gasteiger partial charge in [0.05, 0.1) is 5.56 Å². The summed E-state index contributed by atoms with van der Waals surface area (Å²) in [7, 11) is 0. The van der Waals surface area contributed by atoms with Gasteiger partial charge in [0.25, 0.3) is 0 Å². The normalized spacial score (nSPS) is 10.6. The number of hydrogen-bond acceptors (Lipinski definition) is 3. The Morgan fingerprint density at radius 2 is 1.86 bits per heavy atom. The molecule has 0 unspecified atom stereocenters. The molecule has 14 heavy (non-hydrogen) atoms. The molecule has 0 aliphatic heterocycles. The molecular formula is C10H11FO3. The van der Waals surface area contributed by atoms with Crippen LogP contribution in [0.5, 0.6) is 11.5 Å². The van der Waals surface area contributed by atoms with Crippen molar-refractivity contribution < 1.29 is 19.4 Å². The van der Waals surface area contributed by atoms with E-state index in [2.05, 4.69) is 0 Å². The predicted octanol–water partition coefficient (Wildman–Crippen LogP) is 2.08. The Morgan fingerprint density at radius 3 is 2.36 bits per heavy atom. The number of phenolic OH excluding ortho intramolecular Hbond substituents is 2. The summed E-state index contributed by atoms with van der Waals surface area (Å²) in [4.78, 5) is 11.4. The summed E-state index contributed by atoms with van der Waals surface area (Å²) >= 11 is 0. The minimum absolute atomic E-state index is 0.0566. The van der Waals surface area contributed by atoms with Gasteiger partial charge in [-0.2, -0.15) is 0 Å². The summed E-state index contributed by atoms with van der Waals surface area (Å²) < 4.78 is 12.7. The van der Waals surface area contributed by atoms with Crippen molar-refractivity contribution in [3.8, 4) is 11.5 Å². The van der Waals surface area contributed by atoms with Crippen LogP contribution in [0.25, 0.3) is 0 Å². The third-order valence-electron chi connectivity index (χ3n) is 1.89. The number of carbonyl (C=O) groups is 1. The summed E-state index contributed by atoms with van der Waals surface area (Å²) in [5.74, 6) is -3.16. The molecule has 0 fully saturated rings. The molecule has 0 aliphatic rings. The van der Waals surface area contributed by atoms with E-state index < -0.39 is 17.3 Å². The van der Waals surface area contributed by atoms with Crippen LogP contribution in [-0.2, 0) is 0 Å². The predicted molar refractivity (Wildman–Crippen MR) is 48.9 cm³/mol. The SMILES string of the molecule is CC(C)C(=O)c1ccc(F)c(O)c1O. The topological polar surface area (TPSA) is 57.5 Å². The Hall–Kier alpha value is -1.58. The fourth-order valence-electron chi connectivity index (χ4n) is 1.06. The second-order valence-electron chi connectivity index (χ2n) is 3.31. The average Bonchev–Trinajstić information content (AvgIpc) is 2.13. The van der Waals surface area contributed by atoms with Crippen molar-refractivity contribution in [2.24, 2.45) is 5.92 Å². The molecule has 1 rings (SSSR count). The zero-order valence-corrected chi connectivity index (χ0v) is 7.91. The average molecular weight is 198 g/mol. The third-order valence-corrected chi connectivity index (χ3v) is 1.89. The van der Waals surface area contributed by atoms with Crippen molar-refractivity contribution in [1.29, 1.82) is 0 Å². The second-order valence-corrected chi connectivity index (χ2v) is 3.31. The van der Waals surface area contributed by atoms with E-state index in [-0.39, 0.29) is 17.3 Å². The number of hydrogen-bond donors (Lipinski definition) is 2. The monoisotopic (exact) mass is 198 g/mol. The van der Waals surface area contributed by atoms with Gasteiger partial charge >= 0.3 is 0 Å². The summed E-state index contributed by atoms with van der Waals surface area (Å²) in [6, 6.07) is 2.11. The molecular weight excluding hydrogens is 187 g/mol. The van der Waals surface area contributed by atoms with Gasteiger partial charge in [0, 0.05) is 5.92 Å². The van der Waals surface area contributed by atoms with Crippen molar-refractivity contribution in [2.75, 3.05) is 0 Å². The zero-order chi connectivity index (χ0) is 10.9. The molecule has 0 heterocycles. The highest BCUT2D eigenvalue weighted by Gasteiger charge is 2.19. The number of benzene rings is 1. The van der Waals surface area contributed by atoms with Gasteiger partial charge in [-0.15, -0.1) is 0 Å². The standard InChI is InChI=1S/C10H11FO3/c1-5(2)8(12)6-3-4-7(11)10(14)9(6)13/h3-5,13-14H,1-2H3. The lowest BCUT2D eigenvalue weighted by molar-refractivity contribution is 0.0936. The number of Topliss-reactive ketones (excluding diaryl/α,β-unsaturated/α-hetero) is 1. The van der Waals surface area contributed by atoms with E-state index in [1.807, 2.05) is 0 Å². The first-order valence-corrected chi connectivity index (χ1v) is 4.19. The van der Waals surface area contributed by atoms with Crippen LogP contribution < -0.4 is 0 Å². The molecule has 0 radical (unpaired) electrons. The maximum atomic E-state index is 12.7. The molecule has 0 aromatic heterocycles. The zero-order valence-electron chi connectivity index (χ0n) is 7.91. The minimum Gasteiger partial charge on any atom is -0.504 e. The molecule has 1 aromatic rings. The molecule has 76 valence electrons. The van der Waals surface area contributed by atoms with Gasteiger partial charge in [-0.3, -0.25) is 4.79 Å². The Balaban J connectivity index is 3.24. The Bertz CT molecular complexity index is 372. The lowest BCUT2D eigenvalue weighted by Gasteiger charge is -2.07. The van der Waals surface area contributed by atoms with Crippen LogP contribution in [0, 0.1) is 11.7 Å². The summed E-state index contributed by atoms with van der Waals surface area (Å²) in [6.45, 7) is 3.31. The van der Waals surface area contributed by atoms with Gasteiger partial charge < -0.3 is 10.2 Å². The van der Waals surface area contributed by atoms with E-state index in [1.165, 1.54) is 0 Å². The smallest absolute Gasteiger partial charge is 0.194 e. The molecule has 2 N–H and O–H groups in total. The fourth-order valence-corrected chi connectivity index (χ4v) is 1.06. The number of carbonyl (C=O) groups excluding carboxylic acids is 1. The molecule has 0 saturated carbocycles. The molecule has 4 heteroatoms. The van der Waals surface area contributed by atoms with Crippen molar-refractivity contribution >= 4 is 5.78 Å². The maximum Gasteiger partial charge on any atom is 0.194 e. The maximum absolute atomic E-state index is 12.7. The number of phenols is 2. The summed E-state index contributed by atoms with van der Waals surface area (Å²) in [5, 5.41) is 18.3. The third kappa shape index (κ3) is 1.69. The number of aromatic hydroxyl groups is 2. The number of ketones is 1. The van der Waals surface area contributed by atoms with Gasteiger partial charge in [-0.05, 0) is 12.1 Å². The molecule has 1 aromatic carbocycles. The van der Waals surface area contributed by atoms with Gasteiger partial charge in [0.1, 0.15) is 0 Å². The quantitative estimate of drug-likeness (QED) is 0.565. The van der Waals surface area contributed by atoms with E-state index in [4.69, 9.17) is 5.11 Å². The van der Waals surface area contributed by atoms with E-state index in [0.29, 0.717) is 0 Å². The summed E-state index contributed by atoms with van der Waals surface area (Å²) in [5.41, 5.74) is -0.0566. The van der Waals surface area contributed by atoms with Crippen LogP contribution >= 0.6 is 0 Å². The fraction of sp³-hybridized carbons (Fsp3) is 0.300. The molecule has 0 spiro atoms. The first kappa shape index (κ1) is 10.5. The van der Waals surface area contributed by atoms with Gasteiger partial charge in [-0.25, -0.2) is 4.39 Å². The van der Waals surface area contributed by atoms with Crippen LogP contribution in [0.4, 0.5) is 4.39 Å². The number of rotatable bonds is 2. The van der Waals surface area contributed by atoms with Crippen LogP contribution in [0.2, 0.25) is 0 Å². The molecule has 0 aliphatic carbocycles. The van der Waals surface area contributed by atoms with Gasteiger partial charge in [0.15, 0.2) is 23.1 Å². The van der Waals surface area contributed by atoms with Crippen molar-refractivity contribution in [3.63, 3.8) is 0 Å². The minimum atomic E-state index is -0.942. The van der Waals surface area contributed by atoms with Crippen LogP contribution in [-0.4, -0.2) is 16.0 Å². The first-order chi connectivity index (χ1) is 6.45. The lowest BCUT2D eigenvalue weighted by Crippen LogP contribution is -2.07. The Labute approximate surface area is 80.8 Å². The Morgan fingerprint density at radius 1 is 1.29 bits per heavy atom. The van der Waals surface area contributed by atoms with E-state index in [9.17, 15) is 14.3 Å². The Kier molecular flexibility index (Phi) is 2.74.